The standard InChI is InChI=1S/C16H23N3O/c1-3-16(4-2,13-18)15(20)19(11-10-17)12-14-8-6-5-7-9-14/h5-9H,3-4,11-13,18H2,1-2H3. The minimum atomic E-state index is -0.550. The summed E-state index contributed by atoms with van der Waals surface area (Å²) in [5.41, 5.74) is 6.30. The minimum absolute atomic E-state index is 0.0181. The van der Waals surface area contributed by atoms with E-state index >= 15 is 0 Å². The second-order valence-electron chi connectivity index (χ2n) is 5.00. The van der Waals surface area contributed by atoms with E-state index in [2.05, 4.69) is 6.07 Å². The summed E-state index contributed by atoms with van der Waals surface area (Å²) in [4.78, 5) is 14.4. The molecule has 0 aromatic heterocycles. The molecule has 4 nitrogen and oxygen atoms in total. The van der Waals surface area contributed by atoms with Gasteiger partial charge in [0.05, 0.1) is 11.5 Å². The van der Waals surface area contributed by atoms with E-state index in [4.69, 9.17) is 11.0 Å². The van der Waals surface area contributed by atoms with Crippen LogP contribution in [0.4, 0.5) is 0 Å². The van der Waals surface area contributed by atoms with E-state index in [9.17, 15) is 4.79 Å². The first kappa shape index (κ1) is 16.2. The predicted octanol–water partition coefficient (Wildman–Crippen LogP) is 2.30. The normalized spacial score (nSPS) is 10.9. The second kappa shape index (κ2) is 7.66. The fourth-order valence-electron chi connectivity index (χ4n) is 2.35. The van der Waals surface area contributed by atoms with Gasteiger partial charge in [0.25, 0.3) is 0 Å². The Hall–Kier alpha value is -1.86. The summed E-state index contributed by atoms with van der Waals surface area (Å²) >= 11 is 0. The molecule has 0 spiro atoms. The Labute approximate surface area is 121 Å². The Bertz CT molecular complexity index is 452. The van der Waals surface area contributed by atoms with Crippen LogP contribution in [0, 0.1) is 16.7 Å². The molecule has 0 aliphatic heterocycles. The van der Waals surface area contributed by atoms with Crippen molar-refractivity contribution in [2.75, 3.05) is 13.1 Å². The van der Waals surface area contributed by atoms with Crippen molar-refractivity contribution >= 4 is 5.91 Å². The summed E-state index contributed by atoms with van der Waals surface area (Å²) in [7, 11) is 0. The molecule has 1 aromatic carbocycles. The van der Waals surface area contributed by atoms with E-state index in [0.29, 0.717) is 25.9 Å². The molecule has 0 heterocycles. The SMILES string of the molecule is CCC(CC)(CN)C(=O)N(CC#N)Cc1ccccc1. The van der Waals surface area contributed by atoms with Crippen molar-refractivity contribution < 1.29 is 4.79 Å². The van der Waals surface area contributed by atoms with Crippen LogP contribution < -0.4 is 5.73 Å². The van der Waals surface area contributed by atoms with Crippen molar-refractivity contribution in [2.45, 2.75) is 33.2 Å². The maximum atomic E-state index is 12.7. The van der Waals surface area contributed by atoms with Crippen molar-refractivity contribution in [3.05, 3.63) is 35.9 Å². The van der Waals surface area contributed by atoms with E-state index in [1.54, 1.807) is 4.90 Å². The number of carbonyl (C=O) groups excluding carboxylic acids is 1. The lowest BCUT2D eigenvalue weighted by Gasteiger charge is -2.34. The zero-order chi connectivity index (χ0) is 15.0. The number of carbonyl (C=O) groups is 1. The summed E-state index contributed by atoms with van der Waals surface area (Å²) < 4.78 is 0. The zero-order valence-corrected chi connectivity index (χ0v) is 12.3. The summed E-state index contributed by atoms with van der Waals surface area (Å²) in [6, 6.07) is 11.8. The number of hydrogen-bond donors (Lipinski definition) is 1. The lowest BCUT2D eigenvalue weighted by Crippen LogP contribution is -2.47. The highest BCUT2D eigenvalue weighted by atomic mass is 16.2. The number of nitriles is 1. The molecule has 1 amide bonds. The average molecular weight is 273 g/mol. The molecular weight excluding hydrogens is 250 g/mol. The molecule has 2 N–H and O–H groups in total. The molecule has 1 aromatic rings. The smallest absolute Gasteiger partial charge is 0.231 e. The van der Waals surface area contributed by atoms with Gasteiger partial charge in [-0.2, -0.15) is 5.26 Å². The van der Waals surface area contributed by atoms with E-state index < -0.39 is 5.41 Å². The largest absolute Gasteiger partial charge is 0.329 e. The highest BCUT2D eigenvalue weighted by molar-refractivity contribution is 5.83. The lowest BCUT2D eigenvalue weighted by atomic mass is 9.81. The Kier molecular flexibility index (Phi) is 6.20. The van der Waals surface area contributed by atoms with Crippen molar-refractivity contribution in [3.63, 3.8) is 0 Å². The zero-order valence-electron chi connectivity index (χ0n) is 12.3. The van der Waals surface area contributed by atoms with Gasteiger partial charge in [-0.15, -0.1) is 0 Å². The van der Waals surface area contributed by atoms with Crippen molar-refractivity contribution in [2.24, 2.45) is 11.1 Å². The van der Waals surface area contributed by atoms with Gasteiger partial charge in [0.1, 0.15) is 6.54 Å². The molecule has 0 saturated carbocycles. The molecule has 0 unspecified atom stereocenters. The number of hydrogen-bond acceptors (Lipinski definition) is 3. The molecular formula is C16H23N3O. The number of nitrogens with two attached hydrogens (primary N) is 1. The molecule has 20 heavy (non-hydrogen) atoms. The van der Waals surface area contributed by atoms with Gasteiger partial charge < -0.3 is 10.6 Å². The van der Waals surface area contributed by atoms with Crippen LogP contribution in [-0.2, 0) is 11.3 Å². The Morgan fingerprint density at radius 1 is 1.30 bits per heavy atom. The molecule has 0 atom stereocenters. The van der Waals surface area contributed by atoms with Crippen molar-refractivity contribution in [1.82, 2.24) is 4.90 Å². The molecule has 0 radical (unpaired) electrons. The van der Waals surface area contributed by atoms with Crippen LogP contribution in [0.25, 0.3) is 0 Å². The molecule has 0 bridgehead atoms. The van der Waals surface area contributed by atoms with E-state index in [0.717, 1.165) is 5.56 Å². The second-order valence-corrected chi connectivity index (χ2v) is 5.00. The van der Waals surface area contributed by atoms with Gasteiger partial charge in [-0.3, -0.25) is 4.79 Å². The molecule has 4 heteroatoms. The van der Waals surface area contributed by atoms with Crippen LogP contribution in [-0.4, -0.2) is 23.9 Å². The Morgan fingerprint density at radius 3 is 2.35 bits per heavy atom. The molecule has 0 saturated heterocycles. The third kappa shape index (κ3) is 3.58. The molecule has 108 valence electrons. The van der Waals surface area contributed by atoms with E-state index in [1.807, 2.05) is 44.2 Å². The Balaban J connectivity index is 2.96. The lowest BCUT2D eigenvalue weighted by molar-refractivity contribution is -0.142. The highest BCUT2D eigenvalue weighted by Crippen LogP contribution is 2.28. The first-order chi connectivity index (χ1) is 9.63. The van der Waals surface area contributed by atoms with Gasteiger partial charge in [-0.05, 0) is 18.4 Å². The number of nitrogens with zero attached hydrogens (tertiary/aromatic N) is 2. The predicted molar refractivity (Wildman–Crippen MR) is 79.5 cm³/mol. The van der Waals surface area contributed by atoms with Gasteiger partial charge in [0, 0.05) is 13.1 Å². The van der Waals surface area contributed by atoms with Crippen LogP contribution in [0.3, 0.4) is 0 Å². The monoisotopic (exact) mass is 273 g/mol. The van der Waals surface area contributed by atoms with Crippen LogP contribution >= 0.6 is 0 Å². The van der Waals surface area contributed by atoms with Crippen molar-refractivity contribution in [1.29, 1.82) is 5.26 Å². The molecule has 0 fully saturated rings. The summed E-state index contributed by atoms with van der Waals surface area (Å²) in [5.74, 6) is -0.0181. The van der Waals surface area contributed by atoms with Crippen LogP contribution in [0.2, 0.25) is 0 Å². The van der Waals surface area contributed by atoms with Crippen LogP contribution in [0.15, 0.2) is 30.3 Å². The average Bonchev–Trinajstić information content (AvgIpc) is 2.50. The number of benzene rings is 1. The summed E-state index contributed by atoms with van der Waals surface area (Å²) in [6.45, 7) is 4.81. The van der Waals surface area contributed by atoms with Gasteiger partial charge in [-0.25, -0.2) is 0 Å². The van der Waals surface area contributed by atoms with Crippen LogP contribution in [0.1, 0.15) is 32.3 Å². The number of rotatable bonds is 7. The molecule has 1 rings (SSSR count). The third-order valence-corrected chi connectivity index (χ3v) is 3.96. The topological polar surface area (TPSA) is 70.1 Å². The quantitative estimate of drug-likeness (QED) is 0.775. The van der Waals surface area contributed by atoms with E-state index in [1.165, 1.54) is 0 Å². The fourth-order valence-corrected chi connectivity index (χ4v) is 2.35. The van der Waals surface area contributed by atoms with Gasteiger partial charge in [0.15, 0.2) is 0 Å². The maximum Gasteiger partial charge on any atom is 0.231 e. The molecule has 0 aliphatic carbocycles. The first-order valence-corrected chi connectivity index (χ1v) is 7.03. The highest BCUT2D eigenvalue weighted by Gasteiger charge is 2.36. The number of amides is 1. The van der Waals surface area contributed by atoms with E-state index in [-0.39, 0.29) is 12.5 Å². The van der Waals surface area contributed by atoms with Gasteiger partial charge in [0.2, 0.25) is 5.91 Å². The first-order valence-electron chi connectivity index (χ1n) is 7.03. The fraction of sp³-hybridized carbons (Fsp3) is 0.500. The third-order valence-electron chi connectivity index (χ3n) is 3.96. The molecule has 0 aliphatic rings. The van der Waals surface area contributed by atoms with Crippen molar-refractivity contribution in [3.8, 4) is 6.07 Å². The van der Waals surface area contributed by atoms with Gasteiger partial charge in [-0.1, -0.05) is 44.2 Å². The summed E-state index contributed by atoms with van der Waals surface area (Å²) in [6.07, 6.45) is 1.38. The Morgan fingerprint density at radius 2 is 1.90 bits per heavy atom. The maximum absolute atomic E-state index is 12.7. The van der Waals surface area contributed by atoms with Gasteiger partial charge >= 0.3 is 0 Å². The van der Waals surface area contributed by atoms with Crippen LogP contribution in [0.5, 0.6) is 0 Å². The minimum Gasteiger partial charge on any atom is -0.329 e. The summed E-state index contributed by atoms with van der Waals surface area (Å²) in [5, 5.41) is 8.97.